The Hall–Kier alpha value is -1.14. The average molecular weight is 258 g/mol. The molecule has 1 aliphatic rings. The van der Waals surface area contributed by atoms with Crippen molar-refractivity contribution < 1.29 is 19.4 Å². The molecule has 0 bridgehead atoms. The lowest BCUT2D eigenvalue weighted by atomic mass is 10.1. The Morgan fingerprint density at radius 2 is 2.22 bits per heavy atom. The zero-order valence-electron chi connectivity index (χ0n) is 11.2. The lowest BCUT2D eigenvalue weighted by Gasteiger charge is -2.29. The third-order valence-electron chi connectivity index (χ3n) is 3.35. The third-order valence-corrected chi connectivity index (χ3v) is 3.35. The zero-order chi connectivity index (χ0) is 13.7. The van der Waals surface area contributed by atoms with Gasteiger partial charge in [0.2, 0.25) is 5.91 Å². The highest BCUT2D eigenvalue weighted by atomic mass is 16.5. The predicted octanol–water partition coefficient (Wildman–Crippen LogP) is 0.0750. The van der Waals surface area contributed by atoms with Crippen LogP contribution in [0.2, 0.25) is 0 Å². The number of aliphatic carboxylic acids is 1. The van der Waals surface area contributed by atoms with Crippen LogP contribution in [-0.4, -0.2) is 60.3 Å². The highest BCUT2D eigenvalue weighted by Gasteiger charge is 2.33. The second-order valence-electron chi connectivity index (χ2n) is 4.63. The molecule has 6 heteroatoms. The van der Waals surface area contributed by atoms with E-state index in [0.717, 1.165) is 0 Å². The van der Waals surface area contributed by atoms with E-state index in [2.05, 4.69) is 5.32 Å². The van der Waals surface area contributed by atoms with Gasteiger partial charge in [-0.2, -0.15) is 0 Å². The maximum Gasteiger partial charge on any atom is 0.305 e. The van der Waals surface area contributed by atoms with E-state index >= 15 is 0 Å². The van der Waals surface area contributed by atoms with Gasteiger partial charge >= 0.3 is 5.97 Å². The fraction of sp³-hybridized carbons (Fsp3) is 0.833. The van der Waals surface area contributed by atoms with Crippen LogP contribution in [0.4, 0.5) is 0 Å². The van der Waals surface area contributed by atoms with Crippen molar-refractivity contribution in [1.82, 2.24) is 10.2 Å². The summed E-state index contributed by atoms with van der Waals surface area (Å²) in [7, 11) is 1.63. The summed E-state index contributed by atoms with van der Waals surface area (Å²) in [6, 6.07) is -0.547. The number of carboxylic acids is 1. The number of ether oxygens (including phenoxy) is 1. The van der Waals surface area contributed by atoms with E-state index in [4.69, 9.17) is 9.84 Å². The minimum absolute atomic E-state index is 0.0278. The second kappa shape index (κ2) is 6.70. The van der Waals surface area contributed by atoms with Gasteiger partial charge in [-0.25, -0.2) is 0 Å². The molecule has 1 amide bonds. The van der Waals surface area contributed by atoms with Crippen LogP contribution in [0.1, 0.15) is 26.7 Å². The van der Waals surface area contributed by atoms with Gasteiger partial charge in [0.05, 0.1) is 18.6 Å². The minimum atomic E-state index is -0.886. The van der Waals surface area contributed by atoms with Gasteiger partial charge in [-0.3, -0.25) is 9.59 Å². The van der Waals surface area contributed by atoms with Gasteiger partial charge in [0, 0.05) is 26.2 Å². The van der Waals surface area contributed by atoms with Crippen molar-refractivity contribution in [3.63, 3.8) is 0 Å². The summed E-state index contributed by atoms with van der Waals surface area (Å²) < 4.78 is 5.20. The fourth-order valence-corrected chi connectivity index (χ4v) is 2.32. The van der Waals surface area contributed by atoms with Crippen molar-refractivity contribution in [2.24, 2.45) is 0 Å². The molecule has 0 aromatic carbocycles. The average Bonchev–Trinajstić information content (AvgIpc) is 2.77. The molecule has 1 heterocycles. The quantitative estimate of drug-likeness (QED) is 0.705. The maximum absolute atomic E-state index is 12.3. The number of rotatable bonds is 6. The largest absolute Gasteiger partial charge is 0.481 e. The number of carbonyl (C=O) groups is 2. The number of methoxy groups -OCH3 is 1. The van der Waals surface area contributed by atoms with E-state index in [9.17, 15) is 9.59 Å². The second-order valence-corrected chi connectivity index (χ2v) is 4.63. The number of nitrogens with one attached hydrogen (secondary N) is 1. The number of nitrogens with zero attached hydrogens (tertiary/aromatic N) is 1. The first kappa shape index (κ1) is 14.9. The van der Waals surface area contributed by atoms with E-state index < -0.39 is 5.97 Å². The number of carboxylic acid groups (broad SMARTS) is 1. The molecule has 3 unspecified atom stereocenters. The molecule has 1 saturated heterocycles. The van der Waals surface area contributed by atoms with E-state index in [0.29, 0.717) is 19.5 Å². The van der Waals surface area contributed by atoms with Gasteiger partial charge in [-0.1, -0.05) is 0 Å². The number of hydrogen-bond donors (Lipinski definition) is 2. The van der Waals surface area contributed by atoms with Crippen LogP contribution in [0, 0.1) is 0 Å². The van der Waals surface area contributed by atoms with Crippen molar-refractivity contribution in [1.29, 1.82) is 0 Å². The Morgan fingerprint density at radius 3 is 2.67 bits per heavy atom. The first-order chi connectivity index (χ1) is 8.49. The lowest BCUT2D eigenvalue weighted by Crippen LogP contribution is -2.48. The van der Waals surface area contributed by atoms with Crippen molar-refractivity contribution in [2.45, 2.75) is 44.9 Å². The summed E-state index contributed by atoms with van der Waals surface area (Å²) in [6.07, 6.45) is 0.679. The fourth-order valence-electron chi connectivity index (χ4n) is 2.32. The van der Waals surface area contributed by atoms with Crippen LogP contribution >= 0.6 is 0 Å². The summed E-state index contributed by atoms with van der Waals surface area (Å²) in [4.78, 5) is 24.6. The Morgan fingerprint density at radius 1 is 1.56 bits per heavy atom. The molecule has 0 radical (unpaired) electrons. The summed E-state index contributed by atoms with van der Waals surface area (Å²) in [5.41, 5.74) is 0. The van der Waals surface area contributed by atoms with Crippen LogP contribution in [0.3, 0.4) is 0 Å². The number of carbonyl (C=O) groups excluding carboxylic acids is 1. The molecule has 6 nitrogen and oxygen atoms in total. The van der Waals surface area contributed by atoms with Gasteiger partial charge in [-0.05, 0) is 20.3 Å². The standard InChI is InChI=1S/C12H22N2O4/c1-4-14(8(2)5-11(15)16)12(17)10-6-9(18-3)7-13-10/h8-10,13H,4-7H2,1-3H3,(H,15,16). The Kier molecular flexibility index (Phi) is 5.55. The van der Waals surface area contributed by atoms with Gasteiger partial charge < -0.3 is 20.1 Å². The molecule has 3 atom stereocenters. The predicted molar refractivity (Wildman–Crippen MR) is 66.3 cm³/mol. The van der Waals surface area contributed by atoms with Crippen LogP contribution in [0.25, 0.3) is 0 Å². The SMILES string of the molecule is CCN(C(=O)C1CC(OC)CN1)C(C)CC(=O)O. The van der Waals surface area contributed by atoms with Crippen molar-refractivity contribution in [3.8, 4) is 0 Å². The first-order valence-electron chi connectivity index (χ1n) is 6.28. The monoisotopic (exact) mass is 258 g/mol. The molecule has 0 aromatic heterocycles. The molecule has 0 saturated carbocycles. The third kappa shape index (κ3) is 3.68. The number of hydrogen-bond acceptors (Lipinski definition) is 4. The van der Waals surface area contributed by atoms with Crippen molar-refractivity contribution in [3.05, 3.63) is 0 Å². The molecule has 0 aliphatic carbocycles. The summed E-state index contributed by atoms with van der Waals surface area (Å²) in [5, 5.41) is 11.9. The lowest BCUT2D eigenvalue weighted by molar-refractivity contribution is -0.141. The van der Waals surface area contributed by atoms with E-state index in [1.165, 1.54) is 0 Å². The Bertz CT molecular complexity index is 308. The molecule has 104 valence electrons. The highest BCUT2D eigenvalue weighted by Crippen LogP contribution is 2.14. The van der Waals surface area contributed by atoms with E-state index in [-0.39, 0.29) is 30.5 Å². The first-order valence-corrected chi connectivity index (χ1v) is 6.28. The van der Waals surface area contributed by atoms with E-state index in [1.54, 1.807) is 18.9 Å². The van der Waals surface area contributed by atoms with Gasteiger partial charge in [0.15, 0.2) is 0 Å². The van der Waals surface area contributed by atoms with Crippen molar-refractivity contribution in [2.75, 3.05) is 20.2 Å². The molecule has 1 rings (SSSR count). The van der Waals surface area contributed by atoms with Gasteiger partial charge in [-0.15, -0.1) is 0 Å². The minimum Gasteiger partial charge on any atom is -0.481 e. The number of likely N-dealkylation sites (N-methyl/N-ethyl adjacent to an activating group) is 1. The van der Waals surface area contributed by atoms with Crippen molar-refractivity contribution >= 4 is 11.9 Å². The summed E-state index contributed by atoms with van der Waals surface area (Å²) >= 11 is 0. The molecular formula is C12H22N2O4. The smallest absolute Gasteiger partial charge is 0.305 e. The molecular weight excluding hydrogens is 236 g/mol. The van der Waals surface area contributed by atoms with Crippen LogP contribution in [-0.2, 0) is 14.3 Å². The van der Waals surface area contributed by atoms with Gasteiger partial charge in [0.25, 0.3) is 0 Å². The molecule has 2 N–H and O–H groups in total. The van der Waals surface area contributed by atoms with Gasteiger partial charge in [0.1, 0.15) is 0 Å². The number of amides is 1. The zero-order valence-corrected chi connectivity index (χ0v) is 11.2. The highest BCUT2D eigenvalue weighted by molar-refractivity contribution is 5.83. The molecule has 18 heavy (non-hydrogen) atoms. The Balaban J connectivity index is 2.59. The molecule has 0 spiro atoms. The molecule has 1 aliphatic heterocycles. The van der Waals surface area contributed by atoms with Crippen LogP contribution in [0.15, 0.2) is 0 Å². The van der Waals surface area contributed by atoms with Crippen LogP contribution in [0.5, 0.6) is 0 Å². The molecule has 0 aromatic rings. The normalized spacial score (nSPS) is 24.8. The summed E-state index contributed by atoms with van der Waals surface area (Å²) in [6.45, 7) is 4.80. The topological polar surface area (TPSA) is 78.9 Å². The van der Waals surface area contributed by atoms with Crippen LogP contribution < -0.4 is 5.32 Å². The maximum atomic E-state index is 12.3. The Labute approximate surface area is 107 Å². The summed E-state index contributed by atoms with van der Waals surface area (Å²) in [5.74, 6) is -0.923. The van der Waals surface area contributed by atoms with E-state index in [1.807, 2.05) is 6.92 Å². The molecule has 1 fully saturated rings.